The Morgan fingerprint density at radius 2 is 2.12 bits per heavy atom. The Labute approximate surface area is 95.9 Å². The third-order valence-corrected chi connectivity index (χ3v) is 2.76. The first-order valence-corrected chi connectivity index (χ1v) is 5.66. The number of aliphatic hydroxyl groups is 1. The van der Waals surface area contributed by atoms with Crippen molar-refractivity contribution >= 4 is 5.82 Å². The van der Waals surface area contributed by atoms with Gasteiger partial charge in [0, 0.05) is 24.8 Å². The van der Waals surface area contributed by atoms with Crippen LogP contribution in [0.2, 0.25) is 0 Å². The fourth-order valence-electron chi connectivity index (χ4n) is 2.19. The van der Waals surface area contributed by atoms with Gasteiger partial charge in [0.25, 0.3) is 0 Å². The predicted octanol–water partition coefficient (Wildman–Crippen LogP) is 1.19. The van der Waals surface area contributed by atoms with Gasteiger partial charge in [0.15, 0.2) is 0 Å². The Balaban J connectivity index is 2.22. The van der Waals surface area contributed by atoms with Crippen molar-refractivity contribution in [2.75, 3.05) is 18.0 Å². The average Bonchev–Trinajstić information content (AvgIpc) is 2.27. The van der Waals surface area contributed by atoms with Crippen LogP contribution in [-0.2, 0) is 11.3 Å². The molecule has 1 aliphatic heterocycles. The van der Waals surface area contributed by atoms with E-state index in [1.54, 1.807) is 6.20 Å². The number of morpholine rings is 1. The minimum absolute atomic E-state index is 0.0310. The van der Waals surface area contributed by atoms with Gasteiger partial charge < -0.3 is 14.7 Å². The fraction of sp³-hybridized carbons (Fsp3) is 0.583. The highest BCUT2D eigenvalue weighted by molar-refractivity contribution is 5.47. The van der Waals surface area contributed by atoms with Crippen molar-refractivity contribution in [2.24, 2.45) is 0 Å². The Hall–Kier alpha value is -1.13. The zero-order chi connectivity index (χ0) is 11.5. The number of anilines is 1. The van der Waals surface area contributed by atoms with Gasteiger partial charge in [-0.15, -0.1) is 0 Å². The maximum Gasteiger partial charge on any atom is 0.134 e. The smallest absolute Gasteiger partial charge is 0.134 e. The Morgan fingerprint density at radius 1 is 1.44 bits per heavy atom. The molecule has 0 radical (unpaired) electrons. The van der Waals surface area contributed by atoms with E-state index in [9.17, 15) is 5.11 Å². The summed E-state index contributed by atoms with van der Waals surface area (Å²) in [6, 6.07) is 3.76. The molecule has 2 rings (SSSR count). The van der Waals surface area contributed by atoms with E-state index in [4.69, 9.17) is 4.74 Å². The molecule has 0 aromatic carbocycles. The molecule has 2 heterocycles. The molecule has 4 nitrogen and oxygen atoms in total. The molecular weight excluding hydrogens is 204 g/mol. The molecule has 0 saturated carbocycles. The monoisotopic (exact) mass is 222 g/mol. The summed E-state index contributed by atoms with van der Waals surface area (Å²) < 4.78 is 5.68. The number of pyridine rings is 1. The number of aromatic nitrogens is 1. The third-order valence-electron chi connectivity index (χ3n) is 2.76. The molecule has 0 aliphatic carbocycles. The summed E-state index contributed by atoms with van der Waals surface area (Å²) >= 11 is 0. The Kier molecular flexibility index (Phi) is 3.41. The lowest BCUT2D eigenvalue weighted by molar-refractivity contribution is -0.00556. The number of nitrogens with zero attached hydrogens (tertiary/aromatic N) is 2. The molecule has 88 valence electrons. The van der Waals surface area contributed by atoms with Crippen LogP contribution in [-0.4, -0.2) is 35.4 Å². The second kappa shape index (κ2) is 4.80. The topological polar surface area (TPSA) is 45.6 Å². The third kappa shape index (κ3) is 2.33. The van der Waals surface area contributed by atoms with E-state index < -0.39 is 0 Å². The van der Waals surface area contributed by atoms with Crippen LogP contribution in [0, 0.1) is 0 Å². The molecule has 1 aromatic rings. The molecule has 0 amide bonds. The molecule has 16 heavy (non-hydrogen) atoms. The molecule has 1 fully saturated rings. The first-order chi connectivity index (χ1) is 7.70. The summed E-state index contributed by atoms with van der Waals surface area (Å²) in [5, 5.41) is 9.28. The maximum absolute atomic E-state index is 9.28. The van der Waals surface area contributed by atoms with Crippen molar-refractivity contribution in [3.63, 3.8) is 0 Å². The van der Waals surface area contributed by atoms with E-state index in [-0.39, 0.29) is 18.8 Å². The minimum atomic E-state index is 0.0310. The fourth-order valence-corrected chi connectivity index (χ4v) is 2.19. The van der Waals surface area contributed by atoms with Gasteiger partial charge >= 0.3 is 0 Å². The maximum atomic E-state index is 9.28. The molecule has 1 aliphatic rings. The van der Waals surface area contributed by atoms with Gasteiger partial charge in [-0.25, -0.2) is 4.98 Å². The van der Waals surface area contributed by atoms with Gasteiger partial charge in [-0.1, -0.05) is 6.07 Å². The highest BCUT2D eigenvalue weighted by Gasteiger charge is 2.24. The minimum Gasteiger partial charge on any atom is -0.392 e. The van der Waals surface area contributed by atoms with E-state index in [0.29, 0.717) is 0 Å². The van der Waals surface area contributed by atoms with Crippen LogP contribution in [0.15, 0.2) is 18.3 Å². The van der Waals surface area contributed by atoms with Gasteiger partial charge in [-0.2, -0.15) is 0 Å². The lowest BCUT2D eigenvalue weighted by atomic mass is 10.2. The van der Waals surface area contributed by atoms with Crippen LogP contribution < -0.4 is 4.90 Å². The second-order valence-electron chi connectivity index (χ2n) is 4.31. The number of ether oxygens (including phenoxy) is 1. The van der Waals surface area contributed by atoms with Gasteiger partial charge in [0.2, 0.25) is 0 Å². The van der Waals surface area contributed by atoms with Crippen molar-refractivity contribution in [3.8, 4) is 0 Å². The van der Waals surface area contributed by atoms with Crippen LogP contribution in [0.1, 0.15) is 19.4 Å². The summed E-state index contributed by atoms with van der Waals surface area (Å²) in [4.78, 5) is 6.54. The van der Waals surface area contributed by atoms with Crippen LogP contribution in [0.3, 0.4) is 0 Å². The zero-order valence-electron chi connectivity index (χ0n) is 9.76. The van der Waals surface area contributed by atoms with E-state index in [1.807, 2.05) is 12.1 Å². The molecule has 1 saturated heterocycles. The average molecular weight is 222 g/mol. The lowest BCUT2D eigenvalue weighted by Gasteiger charge is -2.36. The van der Waals surface area contributed by atoms with Crippen LogP contribution in [0.4, 0.5) is 5.82 Å². The number of rotatable bonds is 2. The molecule has 0 spiro atoms. The van der Waals surface area contributed by atoms with E-state index in [2.05, 4.69) is 23.7 Å². The summed E-state index contributed by atoms with van der Waals surface area (Å²) in [7, 11) is 0. The molecule has 0 bridgehead atoms. The number of hydrogen-bond acceptors (Lipinski definition) is 4. The summed E-state index contributed by atoms with van der Waals surface area (Å²) in [5.41, 5.74) is 0.879. The first kappa shape index (κ1) is 11.4. The molecule has 2 atom stereocenters. The Morgan fingerprint density at radius 3 is 2.75 bits per heavy atom. The van der Waals surface area contributed by atoms with Crippen LogP contribution in [0.25, 0.3) is 0 Å². The standard InChI is InChI=1S/C12H18N2O2/c1-9-6-14(7-10(2)16-9)12-11(8-15)4-3-5-13-12/h3-5,9-10,15H,6-8H2,1-2H3. The number of aliphatic hydroxyl groups excluding tert-OH is 1. The van der Waals surface area contributed by atoms with Gasteiger partial charge in [0.05, 0.1) is 18.8 Å². The second-order valence-corrected chi connectivity index (χ2v) is 4.31. The van der Waals surface area contributed by atoms with Gasteiger partial charge in [0.1, 0.15) is 5.82 Å². The van der Waals surface area contributed by atoms with Crippen LogP contribution in [0.5, 0.6) is 0 Å². The van der Waals surface area contributed by atoms with Crippen molar-refractivity contribution in [1.29, 1.82) is 0 Å². The quantitative estimate of drug-likeness (QED) is 0.816. The highest BCUT2D eigenvalue weighted by Crippen LogP contribution is 2.21. The van der Waals surface area contributed by atoms with Crippen molar-refractivity contribution in [2.45, 2.75) is 32.7 Å². The predicted molar refractivity (Wildman–Crippen MR) is 62.4 cm³/mol. The van der Waals surface area contributed by atoms with Gasteiger partial charge in [-0.3, -0.25) is 0 Å². The van der Waals surface area contributed by atoms with E-state index in [0.717, 1.165) is 24.5 Å². The Bertz CT molecular complexity index is 347. The van der Waals surface area contributed by atoms with Crippen molar-refractivity contribution in [3.05, 3.63) is 23.9 Å². The molecular formula is C12H18N2O2. The summed E-state index contributed by atoms with van der Waals surface area (Å²) in [6.45, 7) is 5.81. The van der Waals surface area contributed by atoms with E-state index >= 15 is 0 Å². The molecule has 2 unspecified atom stereocenters. The van der Waals surface area contributed by atoms with Crippen molar-refractivity contribution in [1.82, 2.24) is 4.98 Å². The largest absolute Gasteiger partial charge is 0.392 e. The summed E-state index contributed by atoms with van der Waals surface area (Å²) in [6.07, 6.45) is 2.17. The SMILES string of the molecule is CC1CN(c2ncccc2CO)CC(C)O1. The highest BCUT2D eigenvalue weighted by atomic mass is 16.5. The molecule has 1 aromatic heterocycles. The lowest BCUT2D eigenvalue weighted by Crippen LogP contribution is -2.46. The summed E-state index contributed by atoms with van der Waals surface area (Å²) in [5.74, 6) is 0.881. The normalized spacial score (nSPS) is 25.8. The van der Waals surface area contributed by atoms with Gasteiger partial charge in [-0.05, 0) is 19.9 Å². The number of hydrogen-bond donors (Lipinski definition) is 1. The molecule has 4 heteroatoms. The van der Waals surface area contributed by atoms with Crippen LogP contribution >= 0.6 is 0 Å². The van der Waals surface area contributed by atoms with E-state index in [1.165, 1.54) is 0 Å². The first-order valence-electron chi connectivity index (χ1n) is 5.66. The van der Waals surface area contributed by atoms with Crippen molar-refractivity contribution < 1.29 is 9.84 Å². The molecule has 1 N–H and O–H groups in total. The zero-order valence-corrected chi connectivity index (χ0v) is 9.76.